The highest BCUT2D eigenvalue weighted by Crippen LogP contribution is 2.22. The zero-order valence-corrected chi connectivity index (χ0v) is 14.6. The number of carbonyl (C=O) groups is 1. The van der Waals surface area contributed by atoms with Crippen molar-refractivity contribution in [3.63, 3.8) is 0 Å². The number of hydrogen-bond acceptors (Lipinski definition) is 8. The Morgan fingerprint density at radius 1 is 1.36 bits per heavy atom. The van der Waals surface area contributed by atoms with Crippen LogP contribution in [0.25, 0.3) is 5.69 Å². The van der Waals surface area contributed by atoms with Gasteiger partial charge in [-0.15, -0.1) is 10.2 Å². The maximum atomic E-state index is 12.0. The second-order valence-electron chi connectivity index (χ2n) is 4.82. The van der Waals surface area contributed by atoms with Gasteiger partial charge in [-0.2, -0.15) is 0 Å². The Hall–Kier alpha value is -2.79. The fraction of sp³-hybridized carbons (Fsp3) is 0.143. The second-order valence-corrected chi connectivity index (χ2v) is 6.94. The molecule has 0 atom stereocenters. The predicted octanol–water partition coefficient (Wildman–Crippen LogP) is 2.67. The van der Waals surface area contributed by atoms with E-state index in [1.165, 1.54) is 35.2 Å². The lowest BCUT2D eigenvalue weighted by Gasteiger charge is -2.07. The number of aromatic nitrogens is 4. The van der Waals surface area contributed by atoms with Crippen molar-refractivity contribution in [2.24, 2.45) is 0 Å². The molecule has 2 aromatic heterocycles. The van der Waals surface area contributed by atoms with Crippen LogP contribution in [0.3, 0.4) is 0 Å². The van der Waals surface area contributed by atoms with Crippen molar-refractivity contribution in [1.82, 2.24) is 19.7 Å². The van der Waals surface area contributed by atoms with Crippen molar-refractivity contribution in [3.8, 4) is 5.69 Å². The molecule has 0 fully saturated rings. The summed E-state index contributed by atoms with van der Waals surface area (Å²) in [5.74, 6) is -0.0535. The van der Waals surface area contributed by atoms with Crippen LogP contribution in [0.2, 0.25) is 0 Å². The maximum Gasteiger partial charge on any atom is 0.269 e. The number of rotatable bonds is 6. The smallest absolute Gasteiger partial charge is 0.269 e. The van der Waals surface area contributed by atoms with Gasteiger partial charge >= 0.3 is 0 Å². The van der Waals surface area contributed by atoms with Gasteiger partial charge in [-0.25, -0.2) is 4.98 Å². The van der Waals surface area contributed by atoms with Crippen molar-refractivity contribution >= 4 is 39.8 Å². The molecule has 0 unspecified atom stereocenters. The van der Waals surface area contributed by atoms with Crippen LogP contribution >= 0.6 is 23.1 Å². The van der Waals surface area contributed by atoms with E-state index in [-0.39, 0.29) is 17.3 Å². The lowest BCUT2D eigenvalue weighted by atomic mass is 10.3. The molecule has 2 heterocycles. The molecule has 0 spiro atoms. The van der Waals surface area contributed by atoms with Crippen LogP contribution in [0.1, 0.15) is 5.01 Å². The molecule has 128 valence electrons. The minimum absolute atomic E-state index is 0.0183. The molecule has 11 heteroatoms. The molecule has 1 N–H and O–H groups in total. The minimum Gasteiger partial charge on any atom is -0.300 e. The van der Waals surface area contributed by atoms with Crippen LogP contribution in [0, 0.1) is 17.0 Å². The first-order chi connectivity index (χ1) is 12.0. The van der Waals surface area contributed by atoms with E-state index in [0.717, 1.165) is 10.7 Å². The average Bonchev–Trinajstić information content (AvgIpc) is 3.22. The number of thioether (sulfide) groups is 1. The van der Waals surface area contributed by atoms with E-state index >= 15 is 0 Å². The fourth-order valence-corrected chi connectivity index (χ4v) is 3.34. The second kappa shape index (κ2) is 7.40. The quantitative estimate of drug-likeness (QED) is 0.399. The van der Waals surface area contributed by atoms with Crippen LogP contribution < -0.4 is 5.32 Å². The van der Waals surface area contributed by atoms with Crippen molar-refractivity contribution in [3.05, 3.63) is 51.8 Å². The van der Waals surface area contributed by atoms with Gasteiger partial charge in [-0.05, 0) is 19.1 Å². The molecule has 0 aliphatic carbocycles. The summed E-state index contributed by atoms with van der Waals surface area (Å²) in [5.41, 5.74) is 0.746. The SMILES string of the molecule is Cc1nnc(NC(=O)CSc2nccn2-c2ccc([N+](=O)[O-])cc2)s1. The molecule has 1 aromatic carbocycles. The number of hydrogen-bond donors (Lipinski definition) is 1. The Bertz CT molecular complexity index is 905. The van der Waals surface area contributed by atoms with Gasteiger partial charge in [-0.3, -0.25) is 24.8 Å². The van der Waals surface area contributed by atoms with Gasteiger partial charge in [0.05, 0.1) is 10.7 Å². The van der Waals surface area contributed by atoms with Crippen LogP contribution in [0.4, 0.5) is 10.8 Å². The third-order valence-corrected chi connectivity index (χ3v) is 4.77. The number of non-ortho nitro benzene ring substituents is 1. The summed E-state index contributed by atoms with van der Waals surface area (Å²) in [6, 6.07) is 6.12. The number of nitro groups is 1. The number of amides is 1. The molecule has 3 aromatic rings. The molecule has 0 radical (unpaired) electrons. The van der Waals surface area contributed by atoms with Crippen LogP contribution in [0.15, 0.2) is 41.8 Å². The van der Waals surface area contributed by atoms with Gasteiger partial charge < -0.3 is 0 Å². The fourth-order valence-electron chi connectivity index (χ4n) is 1.96. The van der Waals surface area contributed by atoms with Gasteiger partial charge in [0.25, 0.3) is 5.69 Å². The summed E-state index contributed by atoms with van der Waals surface area (Å²) in [6.45, 7) is 1.81. The molecule has 25 heavy (non-hydrogen) atoms. The van der Waals surface area contributed by atoms with E-state index in [1.54, 1.807) is 29.1 Å². The van der Waals surface area contributed by atoms with E-state index in [0.29, 0.717) is 10.3 Å². The molecular formula is C14H12N6O3S2. The molecule has 0 saturated carbocycles. The molecule has 0 bridgehead atoms. The van der Waals surface area contributed by atoms with Crippen molar-refractivity contribution in [2.75, 3.05) is 11.1 Å². The largest absolute Gasteiger partial charge is 0.300 e. The number of benzene rings is 1. The Morgan fingerprint density at radius 3 is 2.76 bits per heavy atom. The van der Waals surface area contributed by atoms with Crippen molar-refractivity contribution in [1.29, 1.82) is 0 Å². The number of nitrogens with one attached hydrogen (secondary N) is 1. The van der Waals surface area contributed by atoms with Crippen molar-refractivity contribution < 1.29 is 9.72 Å². The van der Waals surface area contributed by atoms with Crippen LogP contribution in [0.5, 0.6) is 0 Å². The Morgan fingerprint density at radius 2 is 2.12 bits per heavy atom. The highest BCUT2D eigenvalue weighted by atomic mass is 32.2. The highest BCUT2D eigenvalue weighted by Gasteiger charge is 2.12. The van der Waals surface area contributed by atoms with Crippen LogP contribution in [-0.4, -0.2) is 36.3 Å². The van der Waals surface area contributed by atoms with Crippen LogP contribution in [-0.2, 0) is 4.79 Å². The highest BCUT2D eigenvalue weighted by molar-refractivity contribution is 7.99. The zero-order valence-electron chi connectivity index (χ0n) is 12.9. The number of aryl methyl sites for hydroxylation is 1. The molecule has 0 saturated heterocycles. The normalized spacial score (nSPS) is 10.6. The first-order valence-corrected chi connectivity index (χ1v) is 8.84. The van der Waals surface area contributed by atoms with Gasteiger partial charge in [0.2, 0.25) is 11.0 Å². The predicted molar refractivity (Wildman–Crippen MR) is 94.2 cm³/mol. The summed E-state index contributed by atoms with van der Waals surface area (Å²) in [7, 11) is 0. The minimum atomic E-state index is -0.452. The van der Waals surface area contributed by atoms with E-state index in [9.17, 15) is 14.9 Å². The number of imidazole rings is 1. The van der Waals surface area contributed by atoms with Gasteiger partial charge in [-0.1, -0.05) is 23.1 Å². The monoisotopic (exact) mass is 376 g/mol. The first-order valence-electron chi connectivity index (χ1n) is 7.04. The lowest BCUT2D eigenvalue weighted by Crippen LogP contribution is -2.14. The summed E-state index contributed by atoms with van der Waals surface area (Å²) < 4.78 is 1.76. The topological polar surface area (TPSA) is 116 Å². The zero-order chi connectivity index (χ0) is 17.8. The number of nitro benzene ring substituents is 1. The van der Waals surface area contributed by atoms with E-state index in [2.05, 4.69) is 20.5 Å². The molecule has 1 amide bonds. The summed E-state index contributed by atoms with van der Waals surface area (Å²) in [5, 5.41) is 22.9. The lowest BCUT2D eigenvalue weighted by molar-refractivity contribution is -0.384. The van der Waals surface area contributed by atoms with Crippen molar-refractivity contribution in [2.45, 2.75) is 12.1 Å². The molecule has 9 nitrogen and oxygen atoms in total. The number of nitrogens with zero attached hydrogens (tertiary/aromatic N) is 5. The van der Waals surface area contributed by atoms with Gasteiger partial charge in [0.1, 0.15) is 5.01 Å². The summed E-state index contributed by atoms with van der Waals surface area (Å²) in [6.07, 6.45) is 3.34. The molecule has 0 aliphatic rings. The number of anilines is 1. The Balaban J connectivity index is 1.65. The Labute approximate surface area is 150 Å². The standard InChI is InChI=1S/C14H12N6O3S2/c1-9-17-18-13(25-9)16-12(21)8-24-14-15-6-7-19(14)10-2-4-11(5-3-10)20(22)23/h2-7H,8H2,1H3,(H,16,18,21). The third kappa shape index (κ3) is 4.19. The number of carbonyl (C=O) groups excluding carboxylic acids is 1. The molecule has 0 aliphatic heterocycles. The van der Waals surface area contributed by atoms with Gasteiger partial charge in [0, 0.05) is 30.2 Å². The molecular weight excluding hydrogens is 364 g/mol. The van der Waals surface area contributed by atoms with E-state index < -0.39 is 4.92 Å². The maximum absolute atomic E-state index is 12.0. The van der Waals surface area contributed by atoms with E-state index in [4.69, 9.17) is 0 Å². The third-order valence-electron chi connectivity index (χ3n) is 3.05. The van der Waals surface area contributed by atoms with E-state index in [1.807, 2.05) is 6.92 Å². The molecule has 3 rings (SSSR count). The summed E-state index contributed by atoms with van der Waals surface area (Å²) in [4.78, 5) is 26.5. The average molecular weight is 376 g/mol. The summed E-state index contributed by atoms with van der Waals surface area (Å²) >= 11 is 2.56. The van der Waals surface area contributed by atoms with Gasteiger partial charge in [0.15, 0.2) is 5.16 Å². The Kier molecular flexibility index (Phi) is 5.05. The first kappa shape index (κ1) is 17.0.